The second-order valence-corrected chi connectivity index (χ2v) is 7.62. The molecule has 0 bridgehead atoms. The number of hydrogen-bond acceptors (Lipinski definition) is 4. The Morgan fingerprint density at radius 2 is 1.36 bits per heavy atom. The van der Waals surface area contributed by atoms with E-state index in [0.717, 1.165) is 31.9 Å². The number of amides is 1. The van der Waals surface area contributed by atoms with E-state index in [1.807, 2.05) is 11.0 Å². The van der Waals surface area contributed by atoms with Gasteiger partial charge < -0.3 is 20.0 Å². The number of nitrogens with zero attached hydrogens (tertiary/aromatic N) is 3. The summed E-state index contributed by atoms with van der Waals surface area (Å²) in [6.07, 6.45) is 3.13. The summed E-state index contributed by atoms with van der Waals surface area (Å²) in [5.74, 6) is 0.244. The number of nitrogens with one attached hydrogen (secondary N) is 1. The lowest BCUT2D eigenvalue weighted by molar-refractivity contribution is -0.131. The maximum atomic E-state index is 12.5. The predicted molar refractivity (Wildman–Crippen MR) is 116 cm³/mol. The summed E-state index contributed by atoms with van der Waals surface area (Å²) >= 11 is 0. The Balaban J connectivity index is 1.19. The van der Waals surface area contributed by atoms with Crippen LogP contribution in [0.15, 0.2) is 54.6 Å². The molecule has 5 nitrogen and oxygen atoms in total. The van der Waals surface area contributed by atoms with Crippen molar-refractivity contribution in [2.24, 2.45) is 0 Å². The molecule has 0 aromatic heterocycles. The summed E-state index contributed by atoms with van der Waals surface area (Å²) in [6.45, 7) is 6.43. The minimum atomic E-state index is 0.244. The molecule has 0 atom stereocenters. The fourth-order valence-electron chi connectivity index (χ4n) is 4.09. The number of rotatable bonds is 6. The topological polar surface area (TPSA) is 38.8 Å². The van der Waals surface area contributed by atoms with E-state index < -0.39 is 0 Å². The Labute approximate surface area is 167 Å². The Morgan fingerprint density at radius 3 is 2.04 bits per heavy atom. The highest BCUT2D eigenvalue weighted by Crippen LogP contribution is 2.22. The predicted octanol–water partition coefficient (Wildman–Crippen LogP) is 3.44. The molecule has 2 aromatic carbocycles. The molecule has 1 amide bonds. The molecule has 2 fully saturated rings. The summed E-state index contributed by atoms with van der Waals surface area (Å²) in [4.78, 5) is 19.3. The van der Waals surface area contributed by atoms with Gasteiger partial charge in [-0.2, -0.15) is 0 Å². The summed E-state index contributed by atoms with van der Waals surface area (Å²) in [6, 6.07) is 19.0. The molecule has 2 aliphatic heterocycles. The van der Waals surface area contributed by atoms with Crippen LogP contribution in [0.25, 0.3) is 0 Å². The smallest absolute Gasteiger partial charge is 0.224 e. The molecule has 0 aliphatic carbocycles. The summed E-state index contributed by atoms with van der Waals surface area (Å²) < 4.78 is 0. The minimum absolute atomic E-state index is 0.244. The first kappa shape index (κ1) is 18.7. The largest absolute Gasteiger partial charge is 0.385 e. The SMILES string of the molecule is O=C(CCNc1ccc(N2CCCC2)cc1)N1CCN(c2ccccc2)CC1. The summed E-state index contributed by atoms with van der Waals surface area (Å²) in [7, 11) is 0. The van der Waals surface area contributed by atoms with Gasteiger partial charge in [-0.15, -0.1) is 0 Å². The van der Waals surface area contributed by atoms with Gasteiger partial charge in [0, 0.05) is 69.3 Å². The monoisotopic (exact) mass is 378 g/mol. The van der Waals surface area contributed by atoms with Crippen molar-refractivity contribution < 1.29 is 4.79 Å². The number of piperazine rings is 1. The number of para-hydroxylation sites is 1. The first-order valence-electron chi connectivity index (χ1n) is 10.5. The molecule has 0 spiro atoms. The molecule has 1 N–H and O–H groups in total. The Hall–Kier alpha value is -2.69. The van der Waals surface area contributed by atoms with Crippen molar-refractivity contribution in [2.75, 3.05) is 60.9 Å². The van der Waals surface area contributed by atoms with Crippen LogP contribution in [-0.4, -0.2) is 56.6 Å². The standard InChI is InChI=1S/C23H30N4O/c28-23(27-18-16-26(17-19-27)21-6-2-1-3-7-21)12-13-24-20-8-10-22(11-9-20)25-14-4-5-15-25/h1-3,6-11,24H,4-5,12-19H2. The van der Waals surface area contributed by atoms with Gasteiger partial charge in [0.2, 0.25) is 5.91 Å². The third-order valence-electron chi connectivity index (χ3n) is 5.76. The molecule has 2 saturated heterocycles. The van der Waals surface area contributed by atoms with Gasteiger partial charge in [-0.3, -0.25) is 4.79 Å². The van der Waals surface area contributed by atoms with Crippen molar-refractivity contribution in [3.63, 3.8) is 0 Å². The molecule has 28 heavy (non-hydrogen) atoms. The summed E-state index contributed by atoms with van der Waals surface area (Å²) in [5.41, 5.74) is 3.63. The van der Waals surface area contributed by atoms with Crippen molar-refractivity contribution in [2.45, 2.75) is 19.3 Å². The lowest BCUT2D eigenvalue weighted by atomic mass is 10.2. The van der Waals surface area contributed by atoms with Crippen molar-refractivity contribution in [3.05, 3.63) is 54.6 Å². The molecule has 148 valence electrons. The van der Waals surface area contributed by atoms with Gasteiger partial charge in [0.15, 0.2) is 0 Å². The molecular weight excluding hydrogens is 348 g/mol. The number of carbonyl (C=O) groups is 1. The molecule has 2 aromatic rings. The lowest BCUT2D eigenvalue weighted by Gasteiger charge is -2.36. The van der Waals surface area contributed by atoms with E-state index in [0.29, 0.717) is 13.0 Å². The molecule has 2 heterocycles. The van der Waals surface area contributed by atoms with Crippen LogP contribution in [0.4, 0.5) is 17.1 Å². The zero-order chi connectivity index (χ0) is 19.2. The summed E-state index contributed by atoms with van der Waals surface area (Å²) in [5, 5.41) is 3.39. The number of carbonyl (C=O) groups excluding carboxylic acids is 1. The Kier molecular flexibility index (Phi) is 6.00. The first-order valence-corrected chi connectivity index (χ1v) is 10.5. The zero-order valence-electron chi connectivity index (χ0n) is 16.5. The number of hydrogen-bond donors (Lipinski definition) is 1. The maximum absolute atomic E-state index is 12.5. The Morgan fingerprint density at radius 1 is 0.750 bits per heavy atom. The number of benzene rings is 2. The van der Waals surface area contributed by atoms with E-state index in [-0.39, 0.29) is 5.91 Å². The molecule has 0 radical (unpaired) electrons. The van der Waals surface area contributed by atoms with Crippen molar-refractivity contribution in [1.82, 2.24) is 4.90 Å². The second kappa shape index (κ2) is 9.00. The zero-order valence-corrected chi connectivity index (χ0v) is 16.5. The fourth-order valence-corrected chi connectivity index (χ4v) is 4.09. The second-order valence-electron chi connectivity index (χ2n) is 7.62. The van der Waals surface area contributed by atoms with E-state index in [4.69, 9.17) is 0 Å². The molecule has 0 saturated carbocycles. The average Bonchev–Trinajstić information content (AvgIpc) is 3.30. The number of anilines is 3. The minimum Gasteiger partial charge on any atom is -0.385 e. The van der Waals surface area contributed by atoms with E-state index in [9.17, 15) is 4.79 Å². The van der Waals surface area contributed by atoms with Gasteiger partial charge in [-0.05, 0) is 49.2 Å². The van der Waals surface area contributed by atoms with Crippen molar-refractivity contribution in [1.29, 1.82) is 0 Å². The fraction of sp³-hybridized carbons (Fsp3) is 0.435. The molecule has 0 unspecified atom stereocenters. The van der Waals surface area contributed by atoms with Gasteiger partial charge in [-0.1, -0.05) is 18.2 Å². The molecule has 5 heteroatoms. The maximum Gasteiger partial charge on any atom is 0.224 e. The third-order valence-corrected chi connectivity index (χ3v) is 5.76. The molecule has 4 rings (SSSR count). The van der Waals surface area contributed by atoms with Crippen LogP contribution in [0, 0.1) is 0 Å². The highest BCUT2D eigenvalue weighted by Gasteiger charge is 2.20. The normalized spacial score (nSPS) is 17.1. The Bertz CT molecular complexity index is 748. The van der Waals surface area contributed by atoms with Gasteiger partial charge in [-0.25, -0.2) is 0 Å². The van der Waals surface area contributed by atoms with Crippen molar-refractivity contribution >= 4 is 23.0 Å². The molecule has 2 aliphatic rings. The van der Waals surface area contributed by atoms with Gasteiger partial charge in [0.05, 0.1) is 0 Å². The van der Waals surface area contributed by atoms with E-state index in [2.05, 4.69) is 63.6 Å². The van der Waals surface area contributed by atoms with Crippen LogP contribution in [0.1, 0.15) is 19.3 Å². The van der Waals surface area contributed by atoms with Gasteiger partial charge in [0.1, 0.15) is 0 Å². The van der Waals surface area contributed by atoms with Crippen LogP contribution < -0.4 is 15.1 Å². The highest BCUT2D eigenvalue weighted by molar-refractivity contribution is 5.77. The van der Waals surface area contributed by atoms with E-state index in [1.54, 1.807) is 0 Å². The van der Waals surface area contributed by atoms with Crippen molar-refractivity contribution in [3.8, 4) is 0 Å². The van der Waals surface area contributed by atoms with Crippen LogP contribution >= 0.6 is 0 Å². The highest BCUT2D eigenvalue weighted by atomic mass is 16.2. The van der Waals surface area contributed by atoms with E-state index in [1.165, 1.54) is 37.3 Å². The average molecular weight is 379 g/mol. The van der Waals surface area contributed by atoms with Crippen LogP contribution in [0.5, 0.6) is 0 Å². The van der Waals surface area contributed by atoms with Crippen LogP contribution in [-0.2, 0) is 4.79 Å². The van der Waals surface area contributed by atoms with Gasteiger partial charge >= 0.3 is 0 Å². The quantitative estimate of drug-likeness (QED) is 0.836. The van der Waals surface area contributed by atoms with Crippen LogP contribution in [0.2, 0.25) is 0 Å². The van der Waals surface area contributed by atoms with Crippen LogP contribution in [0.3, 0.4) is 0 Å². The molecular formula is C23H30N4O. The lowest BCUT2D eigenvalue weighted by Crippen LogP contribution is -2.49. The van der Waals surface area contributed by atoms with E-state index >= 15 is 0 Å². The first-order chi connectivity index (χ1) is 13.8. The van der Waals surface area contributed by atoms with Gasteiger partial charge in [0.25, 0.3) is 0 Å². The third kappa shape index (κ3) is 4.58.